The van der Waals surface area contributed by atoms with Crippen LogP contribution in [0.15, 0.2) is 47.2 Å². The maximum Gasteiger partial charge on any atom is 0.399 e. The van der Waals surface area contributed by atoms with Crippen LogP contribution < -0.4 is 0 Å². The van der Waals surface area contributed by atoms with E-state index in [-0.39, 0.29) is 5.82 Å². The molecule has 0 amide bonds. The molecule has 1 N–H and O–H groups in total. The number of hydrogen-bond acceptors (Lipinski definition) is 7. The van der Waals surface area contributed by atoms with Crippen molar-refractivity contribution in [2.75, 3.05) is 0 Å². The summed E-state index contributed by atoms with van der Waals surface area (Å²) in [4.78, 5) is 13.6. The Labute approximate surface area is 212 Å². The molecule has 1 aromatic carbocycles. The summed E-state index contributed by atoms with van der Waals surface area (Å²) in [6.07, 6.45) is 4.01. The third-order valence-electron chi connectivity index (χ3n) is 4.92. The van der Waals surface area contributed by atoms with E-state index in [2.05, 4.69) is 43.4 Å². The monoisotopic (exact) mass is 565 g/mol. The first-order valence-corrected chi connectivity index (χ1v) is 12.1. The van der Waals surface area contributed by atoms with Crippen LogP contribution >= 0.6 is 27.5 Å². The molecule has 0 unspecified atom stereocenters. The van der Waals surface area contributed by atoms with E-state index in [9.17, 15) is 24.0 Å². The van der Waals surface area contributed by atoms with Crippen LogP contribution in [0.4, 0.5) is 14.6 Å². The molecule has 1 atom stereocenters. The van der Waals surface area contributed by atoms with E-state index in [0.717, 1.165) is 41.4 Å². The van der Waals surface area contributed by atoms with Crippen LogP contribution in [0.2, 0.25) is 0 Å². The molecule has 184 valence electrons. The van der Waals surface area contributed by atoms with E-state index < -0.39 is 22.7 Å². The van der Waals surface area contributed by atoms with Crippen molar-refractivity contribution < 1.29 is 18.8 Å². The summed E-state index contributed by atoms with van der Waals surface area (Å²) in [5, 5.41) is 24.6. The van der Waals surface area contributed by atoms with Gasteiger partial charge in [-0.15, -0.1) is 0 Å². The number of hydrogen-bond donors (Lipinski definition) is 1. The lowest BCUT2D eigenvalue weighted by Gasteiger charge is -2.12. The average Bonchev–Trinajstić information content (AvgIpc) is 3.40. The maximum atomic E-state index is 13.6. The minimum absolute atomic E-state index is 0.359. The highest BCUT2D eigenvalue weighted by Crippen LogP contribution is 2.32. The number of nitro groups is 1. The van der Waals surface area contributed by atoms with Crippen molar-refractivity contribution >= 4 is 33.3 Å². The van der Waals surface area contributed by atoms with Crippen LogP contribution in [0.1, 0.15) is 41.6 Å². The fourth-order valence-electron chi connectivity index (χ4n) is 3.32. The third-order valence-corrected chi connectivity index (χ3v) is 6.18. The lowest BCUT2D eigenvalue weighted by Crippen LogP contribution is -1.99. The largest absolute Gasteiger partial charge is 0.399 e. The summed E-state index contributed by atoms with van der Waals surface area (Å²) in [7, 11) is 1.86. The van der Waals surface area contributed by atoms with Crippen molar-refractivity contribution in [3.05, 3.63) is 90.6 Å². The quantitative estimate of drug-likeness (QED) is 0.234. The van der Waals surface area contributed by atoms with Gasteiger partial charge in [-0.3, -0.25) is 4.68 Å². The number of halogens is 3. The minimum Gasteiger partial charge on any atom is -0.389 e. The Morgan fingerprint density at radius 1 is 1.29 bits per heavy atom. The lowest BCUT2D eigenvalue weighted by molar-refractivity contribution is -0.392. The summed E-state index contributed by atoms with van der Waals surface area (Å²) in [6.45, 7) is 3.72. The zero-order valence-corrected chi connectivity index (χ0v) is 21.5. The SMILES string of the molecule is CCc1cc(Cc2cn(C)nc2-c2ccc(F)cc2[C@@H](C)O)sn1.O=[N+]([O-])c1ncc(Br)cc1F. The van der Waals surface area contributed by atoms with E-state index in [1.165, 1.54) is 34.7 Å². The molecule has 0 spiro atoms. The first kappa shape index (κ1) is 26.5. The second-order valence-electron chi connectivity index (χ2n) is 7.62. The first-order chi connectivity index (χ1) is 16.6. The molecular formula is C23H22BrF2N5O3S. The second kappa shape index (κ2) is 11.6. The Morgan fingerprint density at radius 2 is 2.03 bits per heavy atom. The fourth-order valence-corrected chi connectivity index (χ4v) is 4.45. The standard InChI is InChI=1S/C18H20FN3OS.C5H2BrFN2O2/c1-4-14-9-15(24-21-14)7-12-10-22(3)20-18(12)16-6-5-13(19)8-17(16)11(2)23;6-3-1-4(7)5(8-2-3)9(10)11/h5-6,8-11,23H,4,7H2,1-3H3;1-2H/t11-;/m1./s1. The number of aliphatic hydroxyl groups is 1. The highest BCUT2D eigenvalue weighted by molar-refractivity contribution is 9.10. The number of nitrogens with zero attached hydrogens (tertiary/aromatic N) is 5. The predicted octanol–water partition coefficient (Wildman–Crippen LogP) is 5.78. The molecule has 0 aliphatic rings. The summed E-state index contributed by atoms with van der Waals surface area (Å²) in [6, 6.07) is 7.57. The average molecular weight is 566 g/mol. The van der Waals surface area contributed by atoms with Gasteiger partial charge in [0.1, 0.15) is 5.82 Å². The van der Waals surface area contributed by atoms with Crippen LogP contribution in [0.5, 0.6) is 0 Å². The van der Waals surface area contributed by atoms with Gasteiger partial charge in [-0.05, 0) is 80.5 Å². The van der Waals surface area contributed by atoms with Crippen molar-refractivity contribution in [2.45, 2.75) is 32.8 Å². The molecule has 0 aliphatic carbocycles. The lowest BCUT2D eigenvalue weighted by atomic mass is 9.97. The molecule has 0 aliphatic heterocycles. The molecule has 0 radical (unpaired) electrons. The van der Waals surface area contributed by atoms with Gasteiger partial charge in [0, 0.05) is 41.7 Å². The molecule has 0 fully saturated rings. The van der Waals surface area contributed by atoms with Gasteiger partial charge in [0.25, 0.3) is 0 Å². The van der Waals surface area contributed by atoms with Crippen molar-refractivity contribution in [2.24, 2.45) is 7.05 Å². The van der Waals surface area contributed by atoms with Crippen LogP contribution in [-0.2, 0) is 19.9 Å². The molecule has 0 saturated heterocycles. The number of pyridine rings is 1. The highest BCUT2D eigenvalue weighted by atomic mass is 79.9. The summed E-state index contributed by atoms with van der Waals surface area (Å²) in [5.41, 5.74) is 4.22. The van der Waals surface area contributed by atoms with E-state index in [0.29, 0.717) is 10.0 Å². The second-order valence-corrected chi connectivity index (χ2v) is 9.42. The van der Waals surface area contributed by atoms with E-state index in [4.69, 9.17) is 0 Å². The fraction of sp³-hybridized carbons (Fsp3) is 0.261. The first-order valence-electron chi connectivity index (χ1n) is 10.5. The third kappa shape index (κ3) is 6.74. The number of aryl methyl sites for hydroxylation is 2. The van der Waals surface area contributed by atoms with Gasteiger partial charge in [-0.1, -0.05) is 6.92 Å². The molecule has 0 bridgehead atoms. The zero-order valence-electron chi connectivity index (χ0n) is 19.1. The van der Waals surface area contributed by atoms with Gasteiger partial charge in [0.15, 0.2) is 6.20 Å². The van der Waals surface area contributed by atoms with E-state index in [1.807, 2.05) is 13.2 Å². The molecule has 35 heavy (non-hydrogen) atoms. The van der Waals surface area contributed by atoms with Gasteiger partial charge in [-0.2, -0.15) is 13.9 Å². The topological polar surface area (TPSA) is 107 Å². The van der Waals surface area contributed by atoms with Crippen LogP contribution in [-0.4, -0.2) is 29.2 Å². The number of aromatic nitrogens is 4. The smallest absolute Gasteiger partial charge is 0.389 e. The van der Waals surface area contributed by atoms with Crippen molar-refractivity contribution in [3.63, 3.8) is 0 Å². The Bertz CT molecular complexity index is 1340. The van der Waals surface area contributed by atoms with Gasteiger partial charge in [-0.25, -0.2) is 4.39 Å². The summed E-state index contributed by atoms with van der Waals surface area (Å²) in [5.74, 6) is -2.06. The van der Waals surface area contributed by atoms with Crippen molar-refractivity contribution in [1.29, 1.82) is 0 Å². The molecule has 3 heterocycles. The highest BCUT2D eigenvalue weighted by Gasteiger charge is 2.18. The number of benzene rings is 1. The normalized spacial score (nSPS) is 11.6. The van der Waals surface area contributed by atoms with Crippen LogP contribution in [0.3, 0.4) is 0 Å². The Kier molecular flexibility index (Phi) is 8.76. The molecule has 3 aromatic heterocycles. The molecular weight excluding hydrogens is 544 g/mol. The zero-order chi connectivity index (χ0) is 25.7. The maximum absolute atomic E-state index is 13.6. The Hall–Kier alpha value is -3.09. The predicted molar refractivity (Wildman–Crippen MR) is 132 cm³/mol. The summed E-state index contributed by atoms with van der Waals surface area (Å²) >= 11 is 4.42. The number of rotatable bonds is 6. The molecule has 4 aromatic rings. The van der Waals surface area contributed by atoms with Gasteiger partial charge in [0.05, 0.1) is 22.0 Å². The van der Waals surface area contributed by atoms with Gasteiger partial charge >= 0.3 is 5.82 Å². The minimum atomic E-state index is -0.940. The molecule has 4 rings (SSSR count). The van der Waals surface area contributed by atoms with Crippen LogP contribution in [0, 0.1) is 21.7 Å². The van der Waals surface area contributed by atoms with Gasteiger partial charge in [0.2, 0.25) is 5.82 Å². The van der Waals surface area contributed by atoms with E-state index >= 15 is 0 Å². The van der Waals surface area contributed by atoms with Crippen molar-refractivity contribution in [3.8, 4) is 11.3 Å². The Morgan fingerprint density at radius 3 is 2.63 bits per heavy atom. The molecule has 12 heteroatoms. The molecule has 0 saturated carbocycles. The molecule has 8 nitrogen and oxygen atoms in total. The number of aliphatic hydroxyl groups excluding tert-OH is 1. The Balaban J connectivity index is 0.000000261. The van der Waals surface area contributed by atoms with Crippen molar-refractivity contribution in [1.82, 2.24) is 19.1 Å². The van der Waals surface area contributed by atoms with Gasteiger partial charge < -0.3 is 15.2 Å². The summed E-state index contributed by atoms with van der Waals surface area (Å²) < 4.78 is 32.7. The van der Waals surface area contributed by atoms with Crippen LogP contribution in [0.25, 0.3) is 11.3 Å². The van der Waals surface area contributed by atoms with E-state index in [1.54, 1.807) is 17.7 Å².